The van der Waals surface area contributed by atoms with Gasteiger partial charge in [-0.1, -0.05) is 0 Å². The molecule has 0 saturated heterocycles. The van der Waals surface area contributed by atoms with Gasteiger partial charge in [0, 0.05) is 17.2 Å². The van der Waals surface area contributed by atoms with E-state index in [1.807, 2.05) is 0 Å². The molecule has 1 aromatic rings. The largest absolute Gasteiger partial charge is 0.478 e. The number of allylic oxidation sites excluding steroid dienone is 2. The Morgan fingerprint density at radius 2 is 1.91 bits per heavy atom. The van der Waals surface area contributed by atoms with Crippen LogP contribution in [0.4, 0.5) is 0 Å². The number of ketones is 4. The van der Waals surface area contributed by atoms with Crippen molar-refractivity contribution in [1.82, 2.24) is 0 Å². The topological polar surface area (TPSA) is 104 Å². The minimum absolute atomic E-state index is 0.0158. The van der Waals surface area contributed by atoms with Crippen molar-refractivity contribution in [2.45, 2.75) is 32.8 Å². The van der Waals surface area contributed by atoms with Crippen LogP contribution < -0.4 is 10.5 Å². The zero-order chi connectivity index (χ0) is 17.1. The summed E-state index contributed by atoms with van der Waals surface area (Å²) in [6.45, 7) is 4.56. The van der Waals surface area contributed by atoms with E-state index in [1.165, 1.54) is 19.9 Å². The third-order valence-electron chi connectivity index (χ3n) is 4.13. The van der Waals surface area contributed by atoms with E-state index in [0.29, 0.717) is 5.56 Å². The molecule has 118 valence electrons. The highest BCUT2D eigenvalue weighted by Crippen LogP contribution is 2.43. The number of carbonyl (C=O) groups is 4. The van der Waals surface area contributed by atoms with Crippen molar-refractivity contribution in [2.75, 3.05) is 0 Å². The van der Waals surface area contributed by atoms with Crippen LogP contribution in [-0.4, -0.2) is 28.7 Å². The van der Waals surface area contributed by atoms with Crippen LogP contribution in [0.1, 0.15) is 56.9 Å². The van der Waals surface area contributed by atoms with Gasteiger partial charge in [0.2, 0.25) is 11.6 Å². The zero-order valence-electron chi connectivity index (χ0n) is 13.0. The van der Waals surface area contributed by atoms with Gasteiger partial charge >= 0.3 is 0 Å². The highest BCUT2D eigenvalue weighted by atomic mass is 16.5. The number of benzene rings is 1. The summed E-state index contributed by atoms with van der Waals surface area (Å²) in [7, 11) is 0. The molecule has 2 N–H and O–H groups in total. The number of hydrogen-bond acceptors (Lipinski definition) is 6. The standard InChI is InChI=1S/C17H15NO5/c1-7-4-9-12(11(20)5-10(18)14(9)21)13-15(7)23-17(3,16(13)22)6-8(2)19/h4-5H,6,18H2,1-3H3. The molecule has 1 aliphatic heterocycles. The summed E-state index contributed by atoms with van der Waals surface area (Å²) >= 11 is 0. The van der Waals surface area contributed by atoms with Crippen molar-refractivity contribution in [3.05, 3.63) is 40.1 Å². The molecule has 0 saturated carbocycles. The summed E-state index contributed by atoms with van der Waals surface area (Å²) in [5.41, 5.74) is 4.80. The number of fused-ring (bicyclic) bond motifs is 3. The number of nitrogens with two attached hydrogens (primary N) is 1. The van der Waals surface area contributed by atoms with Crippen LogP contribution in [0.5, 0.6) is 5.75 Å². The lowest BCUT2D eigenvalue weighted by molar-refractivity contribution is -0.119. The van der Waals surface area contributed by atoms with E-state index in [0.717, 1.165) is 6.08 Å². The Morgan fingerprint density at radius 1 is 1.26 bits per heavy atom. The maximum atomic E-state index is 12.8. The van der Waals surface area contributed by atoms with Crippen LogP contribution in [0.3, 0.4) is 0 Å². The molecule has 23 heavy (non-hydrogen) atoms. The number of Topliss-reactive ketones (excluding diaryl/α,β-unsaturated/α-hetero) is 3. The second-order valence-electron chi connectivity index (χ2n) is 6.15. The predicted molar refractivity (Wildman–Crippen MR) is 80.8 cm³/mol. The van der Waals surface area contributed by atoms with Crippen LogP contribution in [0.2, 0.25) is 0 Å². The van der Waals surface area contributed by atoms with Gasteiger partial charge in [-0.25, -0.2) is 0 Å². The second-order valence-corrected chi connectivity index (χ2v) is 6.15. The third kappa shape index (κ3) is 2.02. The summed E-state index contributed by atoms with van der Waals surface area (Å²) in [5.74, 6) is -1.40. The lowest BCUT2D eigenvalue weighted by Crippen LogP contribution is -2.38. The maximum absolute atomic E-state index is 12.8. The summed E-state index contributed by atoms with van der Waals surface area (Å²) in [6, 6.07) is 1.50. The first-order valence-corrected chi connectivity index (χ1v) is 7.13. The number of hydrogen-bond donors (Lipinski definition) is 1. The Kier molecular flexibility index (Phi) is 3.04. The van der Waals surface area contributed by atoms with Gasteiger partial charge in [0.05, 0.1) is 17.7 Å². The van der Waals surface area contributed by atoms with Gasteiger partial charge in [0.25, 0.3) is 0 Å². The van der Waals surface area contributed by atoms with Crippen LogP contribution in [0.15, 0.2) is 17.8 Å². The van der Waals surface area contributed by atoms with Gasteiger partial charge in [-0.15, -0.1) is 0 Å². The fraction of sp³-hybridized carbons (Fsp3) is 0.294. The molecule has 2 aliphatic rings. The van der Waals surface area contributed by atoms with Crippen molar-refractivity contribution in [3.63, 3.8) is 0 Å². The van der Waals surface area contributed by atoms with Crippen molar-refractivity contribution in [2.24, 2.45) is 5.73 Å². The number of carbonyl (C=O) groups excluding carboxylic acids is 4. The molecule has 0 amide bonds. The first kappa shape index (κ1) is 15.1. The van der Waals surface area contributed by atoms with Crippen molar-refractivity contribution in [3.8, 4) is 5.75 Å². The molecule has 0 aromatic heterocycles. The molecule has 1 unspecified atom stereocenters. The minimum Gasteiger partial charge on any atom is -0.478 e. The lowest BCUT2D eigenvalue weighted by Gasteiger charge is -2.20. The molecule has 1 aliphatic carbocycles. The van der Waals surface area contributed by atoms with E-state index >= 15 is 0 Å². The quantitative estimate of drug-likeness (QED) is 0.888. The van der Waals surface area contributed by atoms with Gasteiger partial charge in [0.15, 0.2) is 11.4 Å². The Labute approximate surface area is 132 Å². The van der Waals surface area contributed by atoms with E-state index < -0.39 is 23.0 Å². The molecule has 1 heterocycles. The van der Waals surface area contributed by atoms with Crippen molar-refractivity contribution >= 4 is 23.1 Å². The van der Waals surface area contributed by atoms with Crippen LogP contribution in [-0.2, 0) is 4.79 Å². The molecule has 1 atom stereocenters. The molecule has 0 spiro atoms. The maximum Gasteiger partial charge on any atom is 0.211 e. The number of rotatable bonds is 2. The average molecular weight is 313 g/mol. The SMILES string of the molecule is CC(=O)CC1(C)Oc2c(C)cc3c(c2C1=O)C(=O)C=C(N)C3=O. The van der Waals surface area contributed by atoms with Gasteiger partial charge in [0.1, 0.15) is 11.5 Å². The first-order chi connectivity index (χ1) is 10.7. The fourth-order valence-corrected chi connectivity index (χ4v) is 3.14. The predicted octanol–water partition coefficient (Wildman–Crippen LogP) is 1.53. The normalized spacial score (nSPS) is 22.4. The molecule has 0 bridgehead atoms. The molecule has 6 nitrogen and oxygen atoms in total. The first-order valence-electron chi connectivity index (χ1n) is 7.13. The van der Waals surface area contributed by atoms with Crippen molar-refractivity contribution < 1.29 is 23.9 Å². The molecular formula is C17H15NO5. The highest BCUT2D eigenvalue weighted by molar-refractivity contribution is 6.29. The molecule has 0 radical (unpaired) electrons. The van der Waals surface area contributed by atoms with Crippen LogP contribution in [0, 0.1) is 6.92 Å². The zero-order valence-corrected chi connectivity index (χ0v) is 13.0. The number of aryl methyl sites for hydroxylation is 1. The highest BCUT2D eigenvalue weighted by Gasteiger charge is 2.48. The third-order valence-corrected chi connectivity index (χ3v) is 4.13. The Balaban J connectivity index is 2.26. The van der Waals surface area contributed by atoms with Crippen LogP contribution in [0.25, 0.3) is 0 Å². The minimum atomic E-state index is -1.36. The Bertz CT molecular complexity index is 849. The van der Waals surface area contributed by atoms with Gasteiger partial charge < -0.3 is 10.5 Å². The smallest absolute Gasteiger partial charge is 0.211 e. The Morgan fingerprint density at radius 3 is 2.52 bits per heavy atom. The van der Waals surface area contributed by atoms with Gasteiger partial charge in [-0.3, -0.25) is 19.2 Å². The summed E-state index contributed by atoms with van der Waals surface area (Å²) in [4.78, 5) is 48.8. The number of ether oxygens (including phenoxy) is 1. The molecule has 0 fully saturated rings. The van der Waals surface area contributed by atoms with E-state index in [-0.39, 0.29) is 40.3 Å². The lowest BCUT2D eigenvalue weighted by atomic mass is 9.83. The average Bonchev–Trinajstić information content (AvgIpc) is 2.69. The molecule has 6 heteroatoms. The van der Waals surface area contributed by atoms with Crippen molar-refractivity contribution in [1.29, 1.82) is 0 Å². The molecular weight excluding hydrogens is 298 g/mol. The van der Waals surface area contributed by atoms with E-state index in [9.17, 15) is 19.2 Å². The summed E-state index contributed by atoms with van der Waals surface area (Å²) in [6.07, 6.45) is 0.920. The second kappa shape index (κ2) is 4.62. The van der Waals surface area contributed by atoms with E-state index in [1.54, 1.807) is 6.92 Å². The van der Waals surface area contributed by atoms with Gasteiger partial charge in [-0.05, 0) is 32.4 Å². The summed E-state index contributed by atoms with van der Waals surface area (Å²) in [5, 5.41) is 0. The van der Waals surface area contributed by atoms with Gasteiger partial charge in [-0.2, -0.15) is 0 Å². The molecule has 1 aromatic carbocycles. The van der Waals surface area contributed by atoms with Crippen LogP contribution >= 0.6 is 0 Å². The monoisotopic (exact) mass is 313 g/mol. The fourth-order valence-electron chi connectivity index (χ4n) is 3.14. The van der Waals surface area contributed by atoms with E-state index in [2.05, 4.69) is 0 Å². The molecule has 3 rings (SSSR count). The summed E-state index contributed by atoms with van der Waals surface area (Å²) < 4.78 is 5.74. The Hall–Kier alpha value is -2.76. The van der Waals surface area contributed by atoms with E-state index in [4.69, 9.17) is 10.5 Å².